The van der Waals surface area contributed by atoms with Crippen LogP contribution in [0.1, 0.15) is 22.8 Å². The minimum atomic E-state index is -4.45. The molecule has 10 heteroatoms. The molecule has 3 aromatic rings. The van der Waals surface area contributed by atoms with E-state index in [-0.39, 0.29) is 38.2 Å². The fourth-order valence-electron chi connectivity index (χ4n) is 3.94. The molecule has 0 spiro atoms. The zero-order valence-corrected chi connectivity index (χ0v) is 19.6. The maximum Gasteiger partial charge on any atom is 0.416 e. The summed E-state index contributed by atoms with van der Waals surface area (Å²) in [6.45, 7) is -0.269. The van der Waals surface area contributed by atoms with Crippen LogP contribution in [-0.2, 0) is 27.0 Å². The lowest BCUT2D eigenvalue weighted by molar-refractivity contribution is -0.155. The predicted octanol–water partition coefficient (Wildman–Crippen LogP) is 4.18. The summed E-state index contributed by atoms with van der Waals surface area (Å²) in [5.41, 5.74) is 0.700. The second kappa shape index (κ2) is 11.4. The van der Waals surface area contributed by atoms with Crippen LogP contribution in [0.4, 0.5) is 18.9 Å². The van der Waals surface area contributed by atoms with Gasteiger partial charge in [-0.05, 0) is 47.5 Å². The normalized spacial score (nSPS) is 16.8. The Kier molecular flexibility index (Phi) is 8.10. The van der Waals surface area contributed by atoms with Crippen molar-refractivity contribution in [2.45, 2.75) is 24.9 Å². The summed E-state index contributed by atoms with van der Waals surface area (Å²) in [6, 6.07) is 19.2. The molecule has 1 fully saturated rings. The monoisotopic (exact) mass is 514 g/mol. The fourth-order valence-corrected chi connectivity index (χ4v) is 3.94. The quantitative estimate of drug-likeness (QED) is 0.471. The highest BCUT2D eigenvalue weighted by Gasteiger charge is 2.35. The molecular formula is C27H25F3N2O5. The zero-order valence-electron chi connectivity index (χ0n) is 19.6. The minimum Gasteiger partial charge on any atom is -0.484 e. The molecule has 2 N–H and O–H groups in total. The van der Waals surface area contributed by atoms with Gasteiger partial charge in [0.15, 0.2) is 6.61 Å². The summed E-state index contributed by atoms with van der Waals surface area (Å²) in [5, 5.41) is 13.7. The van der Waals surface area contributed by atoms with Crippen LogP contribution in [0.3, 0.4) is 0 Å². The number of halogens is 3. The second-order valence-electron chi connectivity index (χ2n) is 8.52. The third-order valence-electron chi connectivity index (χ3n) is 5.88. The van der Waals surface area contributed by atoms with Crippen LogP contribution in [0.2, 0.25) is 0 Å². The zero-order chi connectivity index (χ0) is 26.4. The third kappa shape index (κ3) is 6.87. The van der Waals surface area contributed by atoms with E-state index in [9.17, 15) is 27.9 Å². The molecule has 0 aromatic heterocycles. The van der Waals surface area contributed by atoms with Gasteiger partial charge in [0.25, 0.3) is 5.91 Å². The number of aliphatic hydroxyl groups excluding tert-OH is 1. The summed E-state index contributed by atoms with van der Waals surface area (Å²) in [6.07, 6.45) is -5.57. The fraction of sp³-hybridized carbons (Fsp3) is 0.259. The molecule has 1 heterocycles. The lowest BCUT2D eigenvalue weighted by atomic mass is 9.99. The van der Waals surface area contributed by atoms with Crippen LogP contribution in [0.25, 0.3) is 0 Å². The van der Waals surface area contributed by atoms with Gasteiger partial charge < -0.3 is 24.8 Å². The lowest BCUT2D eigenvalue weighted by Gasteiger charge is -2.38. The van der Waals surface area contributed by atoms with Gasteiger partial charge in [-0.3, -0.25) is 9.59 Å². The van der Waals surface area contributed by atoms with E-state index in [1.165, 1.54) is 17.0 Å². The molecule has 2 amide bonds. The summed E-state index contributed by atoms with van der Waals surface area (Å²) in [5.74, 6) is -0.162. The minimum absolute atomic E-state index is 0.0254. The first-order valence-corrected chi connectivity index (χ1v) is 11.5. The Labute approximate surface area is 211 Å². The average molecular weight is 515 g/mol. The number of carbonyl (C=O) groups is 2. The van der Waals surface area contributed by atoms with E-state index >= 15 is 0 Å². The Morgan fingerprint density at radius 2 is 1.73 bits per heavy atom. The van der Waals surface area contributed by atoms with Gasteiger partial charge in [-0.1, -0.05) is 42.5 Å². The molecule has 2 atom stereocenters. The first kappa shape index (κ1) is 26.2. The highest BCUT2D eigenvalue weighted by atomic mass is 19.4. The van der Waals surface area contributed by atoms with Crippen LogP contribution in [0, 0.1) is 0 Å². The van der Waals surface area contributed by atoms with Gasteiger partial charge in [-0.25, -0.2) is 0 Å². The van der Waals surface area contributed by atoms with Crippen molar-refractivity contribution in [3.8, 4) is 5.75 Å². The van der Waals surface area contributed by atoms with Gasteiger partial charge >= 0.3 is 6.18 Å². The molecule has 194 valence electrons. The number of hydrogen-bond donors (Lipinski definition) is 2. The molecular weight excluding hydrogens is 489 g/mol. The molecule has 4 rings (SSSR count). The van der Waals surface area contributed by atoms with Crippen molar-refractivity contribution in [1.82, 2.24) is 4.90 Å². The number of amides is 2. The number of aliphatic hydroxyl groups is 1. The smallest absolute Gasteiger partial charge is 0.416 e. The molecule has 0 saturated carbocycles. The van der Waals surface area contributed by atoms with Crippen LogP contribution in [0.15, 0.2) is 78.9 Å². The van der Waals surface area contributed by atoms with Crippen LogP contribution < -0.4 is 10.1 Å². The molecule has 0 unspecified atom stereocenters. The van der Waals surface area contributed by atoms with Crippen molar-refractivity contribution in [2.75, 3.05) is 25.1 Å². The van der Waals surface area contributed by atoms with Crippen molar-refractivity contribution >= 4 is 17.5 Å². The summed E-state index contributed by atoms with van der Waals surface area (Å²) < 4.78 is 49.3. The van der Waals surface area contributed by atoms with Gasteiger partial charge in [0.2, 0.25) is 5.91 Å². The number of para-hydroxylation sites is 1. The largest absolute Gasteiger partial charge is 0.484 e. The maximum atomic E-state index is 12.9. The van der Waals surface area contributed by atoms with Gasteiger partial charge in [-0.2, -0.15) is 13.2 Å². The molecule has 0 aliphatic carbocycles. The number of benzene rings is 3. The molecule has 0 bridgehead atoms. The van der Waals surface area contributed by atoms with E-state index in [0.29, 0.717) is 22.6 Å². The highest BCUT2D eigenvalue weighted by Crippen LogP contribution is 2.30. The number of nitrogens with zero attached hydrogens (tertiary/aromatic N) is 1. The lowest BCUT2D eigenvalue weighted by Crippen LogP contribution is -2.51. The molecule has 7 nitrogen and oxygen atoms in total. The van der Waals surface area contributed by atoms with Crippen molar-refractivity contribution < 1.29 is 37.3 Å². The Balaban J connectivity index is 1.38. The van der Waals surface area contributed by atoms with Crippen LogP contribution in [0.5, 0.6) is 5.75 Å². The molecule has 37 heavy (non-hydrogen) atoms. The van der Waals surface area contributed by atoms with E-state index in [2.05, 4.69) is 5.32 Å². The topological polar surface area (TPSA) is 88.1 Å². The van der Waals surface area contributed by atoms with Gasteiger partial charge in [-0.15, -0.1) is 0 Å². The van der Waals surface area contributed by atoms with E-state index in [0.717, 1.165) is 12.1 Å². The molecule has 3 aromatic carbocycles. The van der Waals surface area contributed by atoms with Crippen molar-refractivity contribution in [2.24, 2.45) is 0 Å². The highest BCUT2D eigenvalue weighted by molar-refractivity contribution is 5.91. The Morgan fingerprint density at radius 1 is 1.05 bits per heavy atom. The van der Waals surface area contributed by atoms with Crippen molar-refractivity contribution in [1.29, 1.82) is 0 Å². The van der Waals surface area contributed by atoms with E-state index in [1.54, 1.807) is 48.5 Å². The van der Waals surface area contributed by atoms with Gasteiger partial charge in [0.1, 0.15) is 18.5 Å². The number of morpholine rings is 1. The number of carbonyl (C=O) groups excluding carboxylic acids is 2. The number of rotatable bonds is 8. The third-order valence-corrected chi connectivity index (χ3v) is 5.88. The standard InChI is InChI=1S/C27H25F3N2O5/c28-27(29,30)20-10-6-18(7-11-20)14-32-23(15-36-17-25(32)34)26(35)19-8-12-21(13-9-19)31-24(33)16-37-22-4-2-1-3-5-22/h1-13,23,26,35H,14-17H2,(H,31,33)/t23-,26-/m1/s1. The Hall–Kier alpha value is -3.89. The number of anilines is 1. The number of ether oxygens (including phenoxy) is 2. The van der Waals surface area contributed by atoms with Crippen molar-refractivity contribution in [3.05, 3.63) is 95.6 Å². The number of hydrogen-bond acceptors (Lipinski definition) is 5. The first-order valence-electron chi connectivity index (χ1n) is 11.5. The summed E-state index contributed by atoms with van der Waals surface area (Å²) in [7, 11) is 0. The van der Waals surface area contributed by atoms with E-state index in [4.69, 9.17) is 9.47 Å². The summed E-state index contributed by atoms with van der Waals surface area (Å²) in [4.78, 5) is 26.1. The average Bonchev–Trinajstić information content (AvgIpc) is 2.89. The van der Waals surface area contributed by atoms with Crippen molar-refractivity contribution in [3.63, 3.8) is 0 Å². The molecule has 1 aliphatic rings. The molecule has 0 radical (unpaired) electrons. The second-order valence-corrected chi connectivity index (χ2v) is 8.52. The SMILES string of the molecule is O=C(COc1ccccc1)Nc1ccc([C@@H](O)[C@H]2COCC(=O)N2Cc2ccc(C(F)(F)F)cc2)cc1. The maximum absolute atomic E-state index is 12.9. The van der Waals surface area contributed by atoms with E-state index < -0.39 is 23.9 Å². The first-order chi connectivity index (χ1) is 17.7. The number of alkyl halides is 3. The summed E-state index contributed by atoms with van der Waals surface area (Å²) >= 11 is 0. The van der Waals surface area contributed by atoms with E-state index in [1.807, 2.05) is 6.07 Å². The van der Waals surface area contributed by atoms with Gasteiger partial charge in [0, 0.05) is 12.2 Å². The predicted molar refractivity (Wildman–Crippen MR) is 129 cm³/mol. The Morgan fingerprint density at radius 3 is 2.38 bits per heavy atom. The molecule has 1 aliphatic heterocycles. The Bertz CT molecular complexity index is 1200. The van der Waals surface area contributed by atoms with Crippen LogP contribution in [-0.4, -0.2) is 47.7 Å². The van der Waals surface area contributed by atoms with Crippen LogP contribution >= 0.6 is 0 Å². The molecule has 1 saturated heterocycles. The number of nitrogens with one attached hydrogen (secondary N) is 1. The van der Waals surface area contributed by atoms with Gasteiger partial charge in [0.05, 0.1) is 18.2 Å².